The zero-order valence-corrected chi connectivity index (χ0v) is 17.5. The smallest absolute Gasteiger partial charge is 0.168 e. The van der Waals surface area contributed by atoms with Crippen LogP contribution in [0.1, 0.15) is 24.0 Å². The molecule has 0 unspecified atom stereocenters. The molecule has 158 valence electrons. The van der Waals surface area contributed by atoms with Crippen LogP contribution in [0.15, 0.2) is 24.3 Å². The SMILES string of the molecule is COc1cc(CCC#CC#CCCc2cc(OC)c(F)cc2OC)c(OC)cc1F. The van der Waals surface area contributed by atoms with E-state index in [9.17, 15) is 8.78 Å². The summed E-state index contributed by atoms with van der Waals surface area (Å²) in [6, 6.07) is 5.85. The van der Waals surface area contributed by atoms with Gasteiger partial charge in [-0.15, -0.1) is 0 Å². The average molecular weight is 414 g/mol. The lowest BCUT2D eigenvalue weighted by Gasteiger charge is -2.10. The Kier molecular flexibility index (Phi) is 8.84. The average Bonchev–Trinajstić information content (AvgIpc) is 2.76. The molecule has 0 aromatic heterocycles. The van der Waals surface area contributed by atoms with E-state index in [0.717, 1.165) is 11.1 Å². The van der Waals surface area contributed by atoms with Crippen molar-refractivity contribution in [3.8, 4) is 46.7 Å². The summed E-state index contributed by atoms with van der Waals surface area (Å²) in [6.45, 7) is 0. The molecule has 0 aliphatic rings. The van der Waals surface area contributed by atoms with E-state index in [1.54, 1.807) is 12.1 Å². The standard InChI is InChI=1S/C24H24F2O4/c1-27-21-15-19(25)23(29-3)13-17(21)11-9-7-5-6-8-10-12-18-14-24(30-4)20(26)16-22(18)28-2/h13-16H,9-12H2,1-4H3. The van der Waals surface area contributed by atoms with Crippen molar-refractivity contribution in [2.75, 3.05) is 28.4 Å². The third-order valence-electron chi connectivity index (χ3n) is 4.39. The molecule has 6 heteroatoms. The van der Waals surface area contributed by atoms with Crippen LogP contribution in [0, 0.1) is 35.3 Å². The predicted molar refractivity (Wildman–Crippen MR) is 111 cm³/mol. The van der Waals surface area contributed by atoms with Gasteiger partial charge in [-0.05, 0) is 47.9 Å². The van der Waals surface area contributed by atoms with Crippen LogP contribution < -0.4 is 18.9 Å². The fourth-order valence-electron chi connectivity index (χ4n) is 2.85. The van der Waals surface area contributed by atoms with E-state index in [-0.39, 0.29) is 11.5 Å². The molecule has 30 heavy (non-hydrogen) atoms. The van der Waals surface area contributed by atoms with Crippen molar-refractivity contribution in [1.82, 2.24) is 0 Å². The van der Waals surface area contributed by atoms with Crippen LogP contribution in [0.3, 0.4) is 0 Å². The molecular formula is C24H24F2O4. The number of benzene rings is 2. The summed E-state index contributed by atoms with van der Waals surface area (Å²) in [7, 11) is 5.82. The molecule has 0 atom stereocenters. The van der Waals surface area contributed by atoms with Crippen LogP contribution in [0.25, 0.3) is 0 Å². The van der Waals surface area contributed by atoms with Gasteiger partial charge in [0.1, 0.15) is 11.5 Å². The predicted octanol–water partition coefficient (Wildman–Crippen LogP) is 4.57. The summed E-state index contributed by atoms with van der Waals surface area (Å²) in [5.74, 6) is 11.9. The van der Waals surface area contributed by atoms with E-state index in [1.807, 2.05) is 0 Å². The highest BCUT2D eigenvalue weighted by Gasteiger charge is 2.11. The molecule has 4 nitrogen and oxygen atoms in total. The highest BCUT2D eigenvalue weighted by Crippen LogP contribution is 2.29. The zero-order chi connectivity index (χ0) is 21.9. The van der Waals surface area contributed by atoms with Crippen molar-refractivity contribution in [2.24, 2.45) is 0 Å². The van der Waals surface area contributed by atoms with Crippen LogP contribution in [0.4, 0.5) is 8.78 Å². The molecule has 0 amide bonds. The fraction of sp³-hybridized carbons (Fsp3) is 0.333. The Morgan fingerprint density at radius 3 is 1.30 bits per heavy atom. The first-order valence-corrected chi connectivity index (χ1v) is 9.30. The van der Waals surface area contributed by atoms with Gasteiger partial charge in [-0.25, -0.2) is 8.78 Å². The van der Waals surface area contributed by atoms with Crippen molar-refractivity contribution < 1.29 is 27.7 Å². The Bertz CT molecular complexity index is 913. The highest BCUT2D eigenvalue weighted by molar-refractivity contribution is 5.43. The van der Waals surface area contributed by atoms with E-state index in [4.69, 9.17) is 18.9 Å². The van der Waals surface area contributed by atoms with Crippen LogP contribution in [0.5, 0.6) is 23.0 Å². The van der Waals surface area contributed by atoms with E-state index in [1.165, 1.54) is 40.6 Å². The van der Waals surface area contributed by atoms with Crippen molar-refractivity contribution in [3.05, 3.63) is 47.0 Å². The zero-order valence-electron chi connectivity index (χ0n) is 17.5. The molecule has 0 N–H and O–H groups in total. The summed E-state index contributed by atoms with van der Waals surface area (Å²) >= 11 is 0. The molecule has 0 aliphatic carbocycles. The van der Waals surface area contributed by atoms with Gasteiger partial charge < -0.3 is 18.9 Å². The second-order valence-corrected chi connectivity index (χ2v) is 6.20. The van der Waals surface area contributed by atoms with Gasteiger partial charge in [-0.1, -0.05) is 11.8 Å². The van der Waals surface area contributed by atoms with Crippen molar-refractivity contribution in [3.63, 3.8) is 0 Å². The minimum atomic E-state index is -0.467. The topological polar surface area (TPSA) is 36.9 Å². The number of aryl methyl sites for hydroxylation is 2. The van der Waals surface area contributed by atoms with Crippen LogP contribution in [-0.2, 0) is 12.8 Å². The van der Waals surface area contributed by atoms with Crippen molar-refractivity contribution in [2.45, 2.75) is 25.7 Å². The summed E-state index contributed by atoms with van der Waals surface area (Å²) in [6.07, 6.45) is 2.26. The second-order valence-electron chi connectivity index (χ2n) is 6.20. The minimum Gasteiger partial charge on any atom is -0.496 e. The number of rotatable bonds is 8. The lowest BCUT2D eigenvalue weighted by atomic mass is 10.1. The Balaban J connectivity index is 1.92. The van der Waals surface area contributed by atoms with E-state index >= 15 is 0 Å². The van der Waals surface area contributed by atoms with E-state index in [2.05, 4.69) is 23.7 Å². The third kappa shape index (κ3) is 6.06. The maximum atomic E-state index is 13.7. The molecule has 0 spiro atoms. The lowest BCUT2D eigenvalue weighted by Crippen LogP contribution is -1.96. The first kappa shape index (κ1) is 22.9. The molecular weight excluding hydrogens is 390 g/mol. The summed E-state index contributed by atoms with van der Waals surface area (Å²) < 4.78 is 47.9. The first-order chi connectivity index (χ1) is 14.5. The Hall–Kier alpha value is -3.38. The largest absolute Gasteiger partial charge is 0.496 e. The molecule has 0 saturated carbocycles. The summed E-state index contributed by atoms with van der Waals surface area (Å²) in [5.41, 5.74) is 1.63. The highest BCUT2D eigenvalue weighted by atomic mass is 19.1. The molecule has 0 heterocycles. The Labute approximate surface area is 176 Å². The maximum absolute atomic E-state index is 13.7. The van der Waals surface area contributed by atoms with Crippen molar-refractivity contribution >= 4 is 0 Å². The molecule has 0 fully saturated rings. The normalized spacial score (nSPS) is 9.67. The molecule has 2 rings (SSSR count). The van der Waals surface area contributed by atoms with Gasteiger partial charge in [0, 0.05) is 25.0 Å². The Morgan fingerprint density at radius 2 is 0.967 bits per heavy atom. The number of hydrogen-bond donors (Lipinski definition) is 0. The van der Waals surface area contributed by atoms with Gasteiger partial charge in [-0.3, -0.25) is 0 Å². The Morgan fingerprint density at radius 1 is 0.600 bits per heavy atom. The molecule has 2 aromatic carbocycles. The first-order valence-electron chi connectivity index (χ1n) is 9.30. The monoisotopic (exact) mass is 414 g/mol. The number of hydrogen-bond acceptors (Lipinski definition) is 4. The molecule has 2 aromatic rings. The van der Waals surface area contributed by atoms with Gasteiger partial charge in [0.2, 0.25) is 0 Å². The quantitative estimate of drug-likeness (QED) is 0.593. The number of ether oxygens (including phenoxy) is 4. The van der Waals surface area contributed by atoms with E-state index in [0.29, 0.717) is 37.2 Å². The number of halogens is 2. The van der Waals surface area contributed by atoms with Crippen molar-refractivity contribution in [1.29, 1.82) is 0 Å². The van der Waals surface area contributed by atoms with Gasteiger partial charge in [0.15, 0.2) is 23.1 Å². The van der Waals surface area contributed by atoms with Crippen LogP contribution >= 0.6 is 0 Å². The second kappa shape index (κ2) is 11.6. The van der Waals surface area contributed by atoms with Gasteiger partial charge in [0.05, 0.1) is 28.4 Å². The van der Waals surface area contributed by atoms with Gasteiger partial charge in [-0.2, -0.15) is 0 Å². The molecule has 0 saturated heterocycles. The van der Waals surface area contributed by atoms with E-state index < -0.39 is 11.6 Å². The summed E-state index contributed by atoms with van der Waals surface area (Å²) in [5, 5.41) is 0. The molecule has 0 bridgehead atoms. The van der Waals surface area contributed by atoms with Gasteiger partial charge >= 0.3 is 0 Å². The number of methoxy groups -OCH3 is 4. The van der Waals surface area contributed by atoms with Gasteiger partial charge in [0.25, 0.3) is 0 Å². The minimum absolute atomic E-state index is 0.173. The maximum Gasteiger partial charge on any atom is 0.168 e. The van der Waals surface area contributed by atoms with Crippen LogP contribution in [-0.4, -0.2) is 28.4 Å². The third-order valence-corrected chi connectivity index (χ3v) is 4.39. The molecule has 0 radical (unpaired) electrons. The lowest BCUT2D eigenvalue weighted by molar-refractivity contribution is 0.374. The fourth-order valence-corrected chi connectivity index (χ4v) is 2.85. The summed E-state index contributed by atoms with van der Waals surface area (Å²) in [4.78, 5) is 0. The molecule has 0 aliphatic heterocycles. The van der Waals surface area contributed by atoms with Crippen LogP contribution in [0.2, 0.25) is 0 Å².